The second-order valence-corrected chi connectivity index (χ2v) is 6.70. The monoisotopic (exact) mass is 309 g/mol. The Bertz CT molecular complexity index is 542. The summed E-state index contributed by atoms with van der Waals surface area (Å²) >= 11 is 0. The van der Waals surface area contributed by atoms with E-state index in [1.807, 2.05) is 6.92 Å². The molecule has 2 atom stereocenters. The summed E-state index contributed by atoms with van der Waals surface area (Å²) in [6, 6.07) is 22.3. The Morgan fingerprint density at radius 2 is 1.52 bits per heavy atom. The summed E-state index contributed by atoms with van der Waals surface area (Å²) in [4.78, 5) is 2.61. The van der Waals surface area contributed by atoms with Gasteiger partial charge in [-0.05, 0) is 43.9 Å². The highest BCUT2D eigenvalue weighted by molar-refractivity contribution is 5.32. The minimum Gasteiger partial charge on any atom is -0.393 e. The van der Waals surface area contributed by atoms with E-state index < -0.39 is 0 Å². The molecule has 0 aromatic heterocycles. The van der Waals surface area contributed by atoms with Gasteiger partial charge in [-0.2, -0.15) is 0 Å². The first-order valence-corrected chi connectivity index (χ1v) is 8.79. The van der Waals surface area contributed by atoms with Crippen molar-refractivity contribution in [2.75, 3.05) is 6.54 Å². The van der Waals surface area contributed by atoms with Crippen LogP contribution in [0.2, 0.25) is 0 Å². The van der Waals surface area contributed by atoms with Gasteiger partial charge in [-0.3, -0.25) is 4.90 Å². The van der Waals surface area contributed by atoms with Crippen LogP contribution < -0.4 is 0 Å². The molecule has 2 aromatic carbocycles. The highest BCUT2D eigenvalue weighted by Crippen LogP contribution is 2.35. The van der Waals surface area contributed by atoms with Gasteiger partial charge in [0.25, 0.3) is 0 Å². The Morgan fingerprint density at radius 1 is 0.957 bits per heavy atom. The summed E-state index contributed by atoms with van der Waals surface area (Å²) in [6.45, 7) is 3.01. The van der Waals surface area contributed by atoms with E-state index in [9.17, 15) is 5.11 Å². The van der Waals surface area contributed by atoms with Gasteiger partial charge in [0, 0.05) is 6.04 Å². The maximum Gasteiger partial charge on any atom is 0.0604 e. The van der Waals surface area contributed by atoms with Gasteiger partial charge in [0.1, 0.15) is 0 Å². The summed E-state index contributed by atoms with van der Waals surface area (Å²) in [5.74, 6) is 0. The number of nitrogens with zero attached hydrogens (tertiary/aromatic N) is 1. The fourth-order valence-electron chi connectivity index (χ4n) is 3.86. The molecule has 0 spiro atoms. The summed E-state index contributed by atoms with van der Waals surface area (Å²) < 4.78 is 0. The summed E-state index contributed by atoms with van der Waals surface area (Å²) in [5, 5.41) is 9.92. The third kappa shape index (κ3) is 4.01. The lowest BCUT2D eigenvalue weighted by atomic mass is 9.90. The number of aliphatic hydroxyl groups is 1. The van der Waals surface area contributed by atoms with Gasteiger partial charge in [-0.15, -0.1) is 0 Å². The van der Waals surface area contributed by atoms with E-state index in [-0.39, 0.29) is 12.1 Å². The highest BCUT2D eigenvalue weighted by Gasteiger charge is 2.31. The van der Waals surface area contributed by atoms with Crippen LogP contribution in [0.15, 0.2) is 60.7 Å². The zero-order valence-electron chi connectivity index (χ0n) is 13.9. The molecule has 0 radical (unpaired) electrons. The Hall–Kier alpha value is -1.64. The molecule has 0 bridgehead atoms. The van der Waals surface area contributed by atoms with Gasteiger partial charge in [-0.25, -0.2) is 0 Å². The van der Waals surface area contributed by atoms with E-state index in [0.717, 1.165) is 13.0 Å². The number of piperidine rings is 1. The molecule has 1 aliphatic rings. The smallest absolute Gasteiger partial charge is 0.0604 e. The fraction of sp³-hybridized carbons (Fsp3) is 0.429. The lowest BCUT2D eigenvalue weighted by Gasteiger charge is -2.42. The molecule has 2 unspecified atom stereocenters. The largest absolute Gasteiger partial charge is 0.393 e. The molecular formula is C21H27NO. The maximum absolute atomic E-state index is 9.92. The van der Waals surface area contributed by atoms with Crippen LogP contribution in [0.4, 0.5) is 0 Å². The van der Waals surface area contributed by atoms with E-state index in [1.165, 1.54) is 30.4 Å². The molecule has 23 heavy (non-hydrogen) atoms. The summed E-state index contributed by atoms with van der Waals surface area (Å²) in [5.41, 5.74) is 2.69. The topological polar surface area (TPSA) is 23.5 Å². The quantitative estimate of drug-likeness (QED) is 0.885. The van der Waals surface area contributed by atoms with Gasteiger partial charge in [-0.1, -0.05) is 67.1 Å². The van der Waals surface area contributed by atoms with Crippen molar-refractivity contribution in [3.63, 3.8) is 0 Å². The molecule has 1 heterocycles. The van der Waals surface area contributed by atoms with E-state index in [1.54, 1.807) is 0 Å². The van der Waals surface area contributed by atoms with Crippen LogP contribution in [0.1, 0.15) is 49.8 Å². The molecule has 2 heteroatoms. The second kappa shape index (κ2) is 7.76. The molecule has 1 saturated heterocycles. The minimum atomic E-state index is -0.243. The van der Waals surface area contributed by atoms with Crippen molar-refractivity contribution >= 4 is 0 Å². The Labute approximate surface area is 139 Å². The van der Waals surface area contributed by atoms with Crippen LogP contribution in [-0.4, -0.2) is 28.7 Å². The normalized spacial score (nSPS) is 20.6. The SMILES string of the molecule is CC(O)CC1CCCCN1C(c1ccccc1)c1ccccc1. The predicted octanol–water partition coefficient (Wildman–Crippen LogP) is 4.40. The summed E-state index contributed by atoms with van der Waals surface area (Å²) in [6.07, 6.45) is 4.31. The van der Waals surface area contributed by atoms with Crippen LogP contribution in [-0.2, 0) is 0 Å². The number of hydrogen-bond donors (Lipinski definition) is 1. The first kappa shape index (κ1) is 16.2. The number of rotatable bonds is 5. The summed E-state index contributed by atoms with van der Waals surface area (Å²) in [7, 11) is 0. The van der Waals surface area contributed by atoms with Crippen molar-refractivity contribution in [3.05, 3.63) is 71.8 Å². The second-order valence-electron chi connectivity index (χ2n) is 6.70. The Morgan fingerprint density at radius 3 is 2.04 bits per heavy atom. The molecule has 3 rings (SSSR count). The third-order valence-electron chi connectivity index (χ3n) is 4.85. The van der Waals surface area contributed by atoms with Gasteiger partial charge in [0.15, 0.2) is 0 Å². The van der Waals surface area contributed by atoms with Crippen LogP contribution in [0.3, 0.4) is 0 Å². The molecule has 1 N–H and O–H groups in total. The average Bonchev–Trinajstić information content (AvgIpc) is 2.58. The lowest BCUT2D eigenvalue weighted by Crippen LogP contribution is -2.43. The molecule has 0 saturated carbocycles. The van der Waals surface area contributed by atoms with Gasteiger partial charge >= 0.3 is 0 Å². The minimum absolute atomic E-state index is 0.243. The zero-order chi connectivity index (χ0) is 16.1. The van der Waals surface area contributed by atoms with Gasteiger partial charge < -0.3 is 5.11 Å². The van der Waals surface area contributed by atoms with Crippen LogP contribution >= 0.6 is 0 Å². The molecule has 2 aromatic rings. The Balaban J connectivity index is 1.96. The van der Waals surface area contributed by atoms with Crippen molar-refractivity contribution in [2.24, 2.45) is 0 Å². The van der Waals surface area contributed by atoms with E-state index in [4.69, 9.17) is 0 Å². The van der Waals surface area contributed by atoms with Crippen LogP contribution in [0.25, 0.3) is 0 Å². The first-order valence-electron chi connectivity index (χ1n) is 8.79. The van der Waals surface area contributed by atoms with Crippen LogP contribution in [0.5, 0.6) is 0 Å². The molecular weight excluding hydrogens is 282 g/mol. The number of aliphatic hydroxyl groups excluding tert-OH is 1. The van der Waals surface area contributed by atoms with Crippen molar-refractivity contribution < 1.29 is 5.11 Å². The molecule has 0 aliphatic carbocycles. The van der Waals surface area contributed by atoms with Crippen molar-refractivity contribution in [2.45, 2.75) is 50.8 Å². The first-order chi connectivity index (χ1) is 11.3. The number of likely N-dealkylation sites (tertiary alicyclic amines) is 1. The standard InChI is InChI=1S/C21H27NO/c1-17(23)16-20-14-8-9-15-22(20)21(18-10-4-2-5-11-18)19-12-6-3-7-13-19/h2-7,10-13,17,20-21,23H,8-9,14-16H2,1H3. The van der Waals surface area contributed by atoms with Crippen LogP contribution in [0, 0.1) is 0 Å². The van der Waals surface area contributed by atoms with Gasteiger partial charge in [0.2, 0.25) is 0 Å². The molecule has 2 nitrogen and oxygen atoms in total. The van der Waals surface area contributed by atoms with E-state index in [2.05, 4.69) is 65.6 Å². The Kier molecular flexibility index (Phi) is 5.47. The highest BCUT2D eigenvalue weighted by atomic mass is 16.3. The van der Waals surface area contributed by atoms with E-state index >= 15 is 0 Å². The van der Waals surface area contributed by atoms with E-state index in [0.29, 0.717) is 6.04 Å². The zero-order valence-corrected chi connectivity index (χ0v) is 13.9. The lowest BCUT2D eigenvalue weighted by molar-refractivity contribution is 0.0662. The molecule has 122 valence electrons. The molecule has 0 amide bonds. The molecule has 1 aliphatic heterocycles. The van der Waals surface area contributed by atoms with Gasteiger partial charge in [0.05, 0.1) is 12.1 Å². The third-order valence-corrected chi connectivity index (χ3v) is 4.85. The van der Waals surface area contributed by atoms with Crippen molar-refractivity contribution in [1.82, 2.24) is 4.90 Å². The van der Waals surface area contributed by atoms with Crippen molar-refractivity contribution in [1.29, 1.82) is 0 Å². The molecule has 1 fully saturated rings. The number of hydrogen-bond acceptors (Lipinski definition) is 2. The van der Waals surface area contributed by atoms with Crippen molar-refractivity contribution in [3.8, 4) is 0 Å². The predicted molar refractivity (Wildman–Crippen MR) is 95.4 cm³/mol. The maximum atomic E-state index is 9.92. The fourth-order valence-corrected chi connectivity index (χ4v) is 3.86. The average molecular weight is 309 g/mol. The number of benzene rings is 2.